The lowest BCUT2D eigenvalue weighted by Crippen LogP contribution is -2.16. The first-order valence-corrected chi connectivity index (χ1v) is 5.73. The topological polar surface area (TPSA) is 65.7 Å². The highest BCUT2D eigenvalue weighted by Gasteiger charge is 2.14. The second kappa shape index (κ2) is 5.63. The Morgan fingerprint density at radius 1 is 1.29 bits per heavy atom. The van der Waals surface area contributed by atoms with Crippen LogP contribution >= 0.6 is 0 Å². The summed E-state index contributed by atoms with van der Waals surface area (Å²) in [4.78, 5) is 0. The molecular formula is C12H18N2O3. The maximum absolute atomic E-state index is 5.93. The van der Waals surface area contributed by atoms with Crippen molar-refractivity contribution in [1.29, 1.82) is 0 Å². The van der Waals surface area contributed by atoms with Crippen LogP contribution < -0.4 is 20.5 Å². The van der Waals surface area contributed by atoms with Gasteiger partial charge in [-0.2, -0.15) is 0 Å². The molecule has 2 rings (SSSR count). The summed E-state index contributed by atoms with van der Waals surface area (Å²) < 4.78 is 15.9. The van der Waals surface area contributed by atoms with Crippen LogP contribution in [0.25, 0.3) is 0 Å². The molecule has 0 aromatic heterocycles. The minimum absolute atomic E-state index is 0.576. The fourth-order valence-corrected chi connectivity index (χ4v) is 1.70. The Morgan fingerprint density at radius 3 is 2.71 bits per heavy atom. The number of ether oxygens (including phenoxy) is 3. The molecule has 1 heterocycles. The number of anilines is 2. The Balaban J connectivity index is 2.01. The largest absolute Gasteiger partial charge is 0.486 e. The van der Waals surface area contributed by atoms with Gasteiger partial charge < -0.3 is 25.3 Å². The Labute approximate surface area is 101 Å². The van der Waals surface area contributed by atoms with Crippen molar-refractivity contribution in [2.45, 2.75) is 6.42 Å². The van der Waals surface area contributed by atoms with Crippen LogP contribution in [-0.4, -0.2) is 33.5 Å². The molecule has 0 unspecified atom stereocenters. The van der Waals surface area contributed by atoms with Crippen molar-refractivity contribution in [3.8, 4) is 11.5 Å². The number of nitrogen functional groups attached to an aromatic ring is 1. The van der Waals surface area contributed by atoms with Crippen LogP contribution in [0.5, 0.6) is 11.5 Å². The van der Waals surface area contributed by atoms with E-state index in [9.17, 15) is 0 Å². The van der Waals surface area contributed by atoms with Crippen molar-refractivity contribution in [1.82, 2.24) is 0 Å². The van der Waals surface area contributed by atoms with Crippen LogP contribution in [0, 0.1) is 0 Å². The molecule has 0 aliphatic carbocycles. The molecule has 5 nitrogen and oxygen atoms in total. The van der Waals surface area contributed by atoms with Gasteiger partial charge >= 0.3 is 0 Å². The first-order valence-electron chi connectivity index (χ1n) is 5.73. The summed E-state index contributed by atoms with van der Waals surface area (Å²) >= 11 is 0. The zero-order valence-electron chi connectivity index (χ0n) is 9.99. The SMILES string of the molecule is COCCCNc1cc2c(cc1N)OCCO2. The molecule has 0 atom stereocenters. The molecule has 3 N–H and O–H groups in total. The number of fused-ring (bicyclic) bond motifs is 1. The van der Waals surface area contributed by atoms with Crippen LogP contribution in [0.2, 0.25) is 0 Å². The summed E-state index contributed by atoms with van der Waals surface area (Å²) in [5.74, 6) is 1.47. The molecular weight excluding hydrogens is 220 g/mol. The zero-order valence-corrected chi connectivity index (χ0v) is 9.99. The van der Waals surface area contributed by atoms with Crippen LogP contribution in [0.1, 0.15) is 6.42 Å². The minimum Gasteiger partial charge on any atom is -0.486 e. The highest BCUT2D eigenvalue weighted by atomic mass is 16.6. The predicted octanol–water partition coefficient (Wildman–Crippen LogP) is 1.49. The third-order valence-corrected chi connectivity index (χ3v) is 2.56. The monoisotopic (exact) mass is 238 g/mol. The highest BCUT2D eigenvalue weighted by molar-refractivity contribution is 5.72. The third-order valence-electron chi connectivity index (χ3n) is 2.56. The molecule has 94 valence electrons. The first kappa shape index (κ1) is 11.9. The van der Waals surface area contributed by atoms with E-state index in [2.05, 4.69) is 5.32 Å². The molecule has 0 bridgehead atoms. The van der Waals surface area contributed by atoms with Gasteiger partial charge in [0.2, 0.25) is 0 Å². The maximum Gasteiger partial charge on any atom is 0.163 e. The van der Waals surface area contributed by atoms with Crippen LogP contribution in [0.4, 0.5) is 11.4 Å². The van der Waals surface area contributed by atoms with E-state index in [4.69, 9.17) is 19.9 Å². The smallest absolute Gasteiger partial charge is 0.163 e. The Morgan fingerprint density at radius 2 is 2.00 bits per heavy atom. The maximum atomic E-state index is 5.93. The van der Waals surface area contributed by atoms with E-state index in [0.29, 0.717) is 18.9 Å². The van der Waals surface area contributed by atoms with E-state index in [1.54, 1.807) is 13.2 Å². The molecule has 0 saturated heterocycles. The summed E-state index contributed by atoms with van der Waals surface area (Å²) in [7, 11) is 1.69. The molecule has 0 spiro atoms. The van der Waals surface area contributed by atoms with Crippen LogP contribution in [-0.2, 0) is 4.74 Å². The Hall–Kier alpha value is -1.62. The summed E-state index contributed by atoms with van der Waals surface area (Å²) in [5, 5.41) is 3.26. The molecule has 5 heteroatoms. The van der Waals surface area contributed by atoms with Crippen molar-refractivity contribution < 1.29 is 14.2 Å². The molecule has 1 aromatic rings. The van der Waals surface area contributed by atoms with E-state index in [0.717, 1.165) is 36.8 Å². The van der Waals surface area contributed by atoms with E-state index in [-0.39, 0.29) is 0 Å². The molecule has 0 saturated carbocycles. The van der Waals surface area contributed by atoms with Gasteiger partial charge in [0.15, 0.2) is 11.5 Å². The number of methoxy groups -OCH3 is 1. The Kier molecular flexibility index (Phi) is 3.93. The normalized spacial score (nSPS) is 13.5. The van der Waals surface area contributed by atoms with Gasteiger partial charge in [-0.25, -0.2) is 0 Å². The average molecular weight is 238 g/mol. The zero-order chi connectivity index (χ0) is 12.1. The molecule has 0 fully saturated rings. The van der Waals surface area contributed by atoms with Gasteiger partial charge in [0, 0.05) is 32.4 Å². The lowest BCUT2D eigenvalue weighted by molar-refractivity contribution is 0.172. The summed E-state index contributed by atoms with van der Waals surface area (Å²) in [5.41, 5.74) is 7.48. The van der Waals surface area contributed by atoms with E-state index in [1.807, 2.05) is 6.07 Å². The van der Waals surface area contributed by atoms with Crippen molar-refractivity contribution in [3.05, 3.63) is 12.1 Å². The van der Waals surface area contributed by atoms with Gasteiger partial charge in [-0.1, -0.05) is 0 Å². The van der Waals surface area contributed by atoms with Gasteiger partial charge in [-0.15, -0.1) is 0 Å². The van der Waals surface area contributed by atoms with Gasteiger partial charge in [-0.05, 0) is 6.42 Å². The van der Waals surface area contributed by atoms with Crippen molar-refractivity contribution in [2.75, 3.05) is 44.5 Å². The van der Waals surface area contributed by atoms with Crippen molar-refractivity contribution in [3.63, 3.8) is 0 Å². The lowest BCUT2D eigenvalue weighted by atomic mass is 10.2. The lowest BCUT2D eigenvalue weighted by Gasteiger charge is -2.20. The Bertz CT molecular complexity index is 382. The third kappa shape index (κ3) is 2.94. The fraction of sp³-hybridized carbons (Fsp3) is 0.500. The van der Waals surface area contributed by atoms with E-state index < -0.39 is 0 Å². The minimum atomic E-state index is 0.576. The molecule has 0 radical (unpaired) electrons. The van der Waals surface area contributed by atoms with Gasteiger partial charge in [-0.3, -0.25) is 0 Å². The van der Waals surface area contributed by atoms with Gasteiger partial charge in [0.05, 0.1) is 11.4 Å². The second-order valence-corrected chi connectivity index (χ2v) is 3.86. The van der Waals surface area contributed by atoms with E-state index >= 15 is 0 Å². The number of nitrogens with one attached hydrogen (secondary N) is 1. The van der Waals surface area contributed by atoms with Crippen LogP contribution in [0.3, 0.4) is 0 Å². The number of hydrogen-bond acceptors (Lipinski definition) is 5. The predicted molar refractivity (Wildman–Crippen MR) is 66.8 cm³/mol. The summed E-state index contributed by atoms with van der Waals surface area (Å²) in [6.45, 7) is 2.71. The van der Waals surface area contributed by atoms with Gasteiger partial charge in [0.25, 0.3) is 0 Å². The van der Waals surface area contributed by atoms with Crippen molar-refractivity contribution >= 4 is 11.4 Å². The number of hydrogen-bond donors (Lipinski definition) is 2. The molecule has 0 amide bonds. The molecule has 1 aliphatic heterocycles. The molecule has 17 heavy (non-hydrogen) atoms. The molecule has 1 aromatic carbocycles. The van der Waals surface area contributed by atoms with Crippen LogP contribution in [0.15, 0.2) is 12.1 Å². The number of benzene rings is 1. The molecule has 1 aliphatic rings. The summed E-state index contributed by atoms with van der Waals surface area (Å²) in [6, 6.07) is 3.68. The van der Waals surface area contributed by atoms with E-state index in [1.165, 1.54) is 0 Å². The quantitative estimate of drug-likeness (QED) is 0.601. The summed E-state index contributed by atoms with van der Waals surface area (Å²) in [6.07, 6.45) is 0.935. The highest BCUT2D eigenvalue weighted by Crippen LogP contribution is 2.36. The number of rotatable bonds is 5. The fourth-order valence-electron chi connectivity index (χ4n) is 1.70. The average Bonchev–Trinajstić information content (AvgIpc) is 2.35. The van der Waals surface area contributed by atoms with Crippen molar-refractivity contribution in [2.24, 2.45) is 0 Å². The second-order valence-electron chi connectivity index (χ2n) is 3.86. The van der Waals surface area contributed by atoms with Gasteiger partial charge in [0.1, 0.15) is 13.2 Å². The standard InChI is InChI=1S/C12H18N2O3/c1-15-4-2-3-14-10-8-12-11(7-9(10)13)16-5-6-17-12/h7-8,14H,2-6,13H2,1H3. The number of nitrogens with two attached hydrogens (primary N) is 1. The first-order chi connectivity index (χ1) is 8.31.